The standard InChI is InChI=1S/C18H34N4O3.HI/c1-14(2)10-19-17(21-12-16(23)22(3)4)20-11-15-13-24-18(25-15)8-6-5-7-9-18;/h14-15H,5-13H2,1-4H3,(H2,19,20,21);1H. The van der Waals surface area contributed by atoms with Crippen LogP contribution < -0.4 is 10.6 Å². The van der Waals surface area contributed by atoms with E-state index in [1.54, 1.807) is 19.0 Å². The molecule has 0 radical (unpaired) electrons. The number of likely N-dealkylation sites (N-methyl/N-ethyl adjacent to an activating group) is 1. The molecule has 1 unspecified atom stereocenters. The molecule has 1 atom stereocenters. The van der Waals surface area contributed by atoms with Crippen LogP contribution in [0.3, 0.4) is 0 Å². The van der Waals surface area contributed by atoms with Crippen LogP contribution in [0, 0.1) is 5.92 Å². The molecule has 0 aromatic rings. The summed E-state index contributed by atoms with van der Waals surface area (Å²) >= 11 is 0. The molecule has 152 valence electrons. The predicted octanol–water partition coefficient (Wildman–Crippen LogP) is 1.96. The first-order chi connectivity index (χ1) is 11.9. The van der Waals surface area contributed by atoms with E-state index in [-0.39, 0.29) is 48.3 Å². The zero-order chi connectivity index (χ0) is 18.3. The molecular formula is C18H35IN4O3. The summed E-state index contributed by atoms with van der Waals surface area (Å²) in [5.74, 6) is 0.770. The Bertz CT molecular complexity index is 465. The number of rotatable bonds is 6. The van der Waals surface area contributed by atoms with Crippen LogP contribution in [-0.2, 0) is 14.3 Å². The van der Waals surface area contributed by atoms with Crippen molar-refractivity contribution in [1.29, 1.82) is 0 Å². The molecule has 1 saturated heterocycles. The lowest BCUT2D eigenvalue weighted by molar-refractivity contribution is -0.186. The first-order valence-corrected chi connectivity index (χ1v) is 9.44. The maximum Gasteiger partial charge on any atom is 0.243 e. The molecule has 1 heterocycles. The first kappa shape index (κ1) is 23.4. The van der Waals surface area contributed by atoms with Crippen molar-refractivity contribution in [2.24, 2.45) is 10.9 Å². The normalized spacial score (nSPS) is 22.2. The zero-order valence-corrected chi connectivity index (χ0v) is 18.9. The summed E-state index contributed by atoms with van der Waals surface area (Å²) in [5.41, 5.74) is 0. The van der Waals surface area contributed by atoms with Gasteiger partial charge in [0.1, 0.15) is 12.6 Å². The summed E-state index contributed by atoms with van der Waals surface area (Å²) in [4.78, 5) is 17.7. The second-order valence-corrected chi connectivity index (χ2v) is 7.63. The highest BCUT2D eigenvalue weighted by molar-refractivity contribution is 14.0. The minimum absolute atomic E-state index is 0. The van der Waals surface area contributed by atoms with Crippen LogP contribution in [0.25, 0.3) is 0 Å². The van der Waals surface area contributed by atoms with Crippen LogP contribution >= 0.6 is 24.0 Å². The summed E-state index contributed by atoms with van der Waals surface area (Å²) in [6.45, 7) is 6.44. The maximum absolute atomic E-state index is 11.8. The SMILES string of the molecule is CC(C)CNC(=NCC(=O)N(C)C)NCC1COC2(CCCCC2)O1.I. The Labute approximate surface area is 174 Å². The molecule has 1 aliphatic carbocycles. The summed E-state index contributed by atoms with van der Waals surface area (Å²) in [6, 6.07) is 0. The number of hydrogen-bond donors (Lipinski definition) is 2. The summed E-state index contributed by atoms with van der Waals surface area (Å²) in [5, 5.41) is 6.58. The van der Waals surface area contributed by atoms with Gasteiger partial charge in [0.25, 0.3) is 0 Å². The molecular weight excluding hydrogens is 447 g/mol. The smallest absolute Gasteiger partial charge is 0.243 e. The molecule has 2 fully saturated rings. The number of halogens is 1. The van der Waals surface area contributed by atoms with E-state index in [2.05, 4.69) is 29.5 Å². The Morgan fingerprint density at radius 3 is 2.54 bits per heavy atom. The molecule has 2 rings (SSSR count). The van der Waals surface area contributed by atoms with Crippen LogP contribution in [0.1, 0.15) is 46.0 Å². The Hall–Kier alpha value is -0.610. The molecule has 2 N–H and O–H groups in total. The van der Waals surface area contributed by atoms with Gasteiger partial charge >= 0.3 is 0 Å². The monoisotopic (exact) mass is 482 g/mol. The molecule has 7 nitrogen and oxygen atoms in total. The number of carbonyl (C=O) groups excluding carboxylic acids is 1. The van der Waals surface area contributed by atoms with Gasteiger partial charge < -0.3 is 25.0 Å². The van der Waals surface area contributed by atoms with Gasteiger partial charge in [0.2, 0.25) is 5.91 Å². The molecule has 0 bridgehead atoms. The number of nitrogens with one attached hydrogen (secondary N) is 2. The van der Waals surface area contributed by atoms with Crippen molar-refractivity contribution in [1.82, 2.24) is 15.5 Å². The van der Waals surface area contributed by atoms with Crippen molar-refractivity contribution >= 4 is 35.8 Å². The molecule has 0 aromatic carbocycles. The second-order valence-electron chi connectivity index (χ2n) is 7.63. The van der Waals surface area contributed by atoms with Crippen LogP contribution in [0.15, 0.2) is 4.99 Å². The van der Waals surface area contributed by atoms with Gasteiger partial charge in [-0.05, 0) is 18.8 Å². The highest BCUT2D eigenvalue weighted by Crippen LogP contribution is 2.37. The highest BCUT2D eigenvalue weighted by Gasteiger charge is 2.42. The van der Waals surface area contributed by atoms with Gasteiger partial charge in [-0.1, -0.05) is 20.3 Å². The highest BCUT2D eigenvalue weighted by atomic mass is 127. The topological polar surface area (TPSA) is 75.2 Å². The molecule has 8 heteroatoms. The Morgan fingerprint density at radius 1 is 1.23 bits per heavy atom. The van der Waals surface area contributed by atoms with Crippen molar-refractivity contribution in [2.45, 2.75) is 57.8 Å². The van der Waals surface area contributed by atoms with Crippen molar-refractivity contribution < 1.29 is 14.3 Å². The van der Waals surface area contributed by atoms with Crippen molar-refractivity contribution in [2.75, 3.05) is 40.3 Å². The lowest BCUT2D eigenvalue weighted by atomic mass is 9.94. The van der Waals surface area contributed by atoms with Crippen LogP contribution in [0.5, 0.6) is 0 Å². The third kappa shape index (κ3) is 7.56. The van der Waals surface area contributed by atoms with Gasteiger partial charge in [-0.15, -0.1) is 24.0 Å². The molecule has 2 aliphatic rings. The number of ether oxygens (including phenoxy) is 2. The molecule has 0 aromatic heterocycles. The van der Waals surface area contributed by atoms with E-state index < -0.39 is 0 Å². The number of guanidine groups is 1. The molecule has 1 saturated carbocycles. The lowest BCUT2D eigenvalue weighted by Crippen LogP contribution is -2.44. The van der Waals surface area contributed by atoms with Crippen molar-refractivity contribution in [3.63, 3.8) is 0 Å². The van der Waals surface area contributed by atoms with E-state index in [1.807, 2.05) is 0 Å². The van der Waals surface area contributed by atoms with Crippen LogP contribution in [-0.4, -0.2) is 69.0 Å². The van der Waals surface area contributed by atoms with E-state index >= 15 is 0 Å². The maximum atomic E-state index is 11.8. The van der Waals surface area contributed by atoms with E-state index in [0.717, 1.165) is 19.4 Å². The van der Waals surface area contributed by atoms with Gasteiger partial charge in [-0.3, -0.25) is 4.79 Å². The van der Waals surface area contributed by atoms with Crippen molar-refractivity contribution in [3.05, 3.63) is 0 Å². The Balaban J connectivity index is 0.00000338. The van der Waals surface area contributed by atoms with E-state index in [9.17, 15) is 4.79 Å². The Kier molecular flexibility index (Phi) is 10.2. The minimum Gasteiger partial charge on any atom is -0.356 e. The summed E-state index contributed by atoms with van der Waals surface area (Å²) in [6.07, 6.45) is 5.63. The van der Waals surface area contributed by atoms with Gasteiger partial charge in [-0.25, -0.2) is 4.99 Å². The van der Waals surface area contributed by atoms with Crippen LogP contribution in [0.4, 0.5) is 0 Å². The number of hydrogen-bond acceptors (Lipinski definition) is 4. The quantitative estimate of drug-likeness (QED) is 0.344. The van der Waals surface area contributed by atoms with Gasteiger partial charge in [0, 0.05) is 40.0 Å². The van der Waals surface area contributed by atoms with E-state index in [4.69, 9.17) is 9.47 Å². The fourth-order valence-corrected chi connectivity index (χ4v) is 3.04. The number of amides is 1. The van der Waals surface area contributed by atoms with Crippen molar-refractivity contribution in [3.8, 4) is 0 Å². The lowest BCUT2D eigenvalue weighted by Gasteiger charge is -2.31. The average Bonchev–Trinajstić information content (AvgIpc) is 2.96. The number of carbonyl (C=O) groups is 1. The zero-order valence-electron chi connectivity index (χ0n) is 16.5. The van der Waals surface area contributed by atoms with Crippen LogP contribution in [0.2, 0.25) is 0 Å². The third-order valence-corrected chi connectivity index (χ3v) is 4.58. The first-order valence-electron chi connectivity index (χ1n) is 9.44. The fraction of sp³-hybridized carbons (Fsp3) is 0.889. The van der Waals surface area contributed by atoms with Gasteiger partial charge in [-0.2, -0.15) is 0 Å². The summed E-state index contributed by atoms with van der Waals surface area (Å²) in [7, 11) is 3.47. The van der Waals surface area contributed by atoms with Gasteiger partial charge in [0.15, 0.2) is 11.7 Å². The molecule has 1 aliphatic heterocycles. The van der Waals surface area contributed by atoms with E-state index in [0.29, 0.717) is 25.0 Å². The number of nitrogens with zero attached hydrogens (tertiary/aromatic N) is 2. The second kappa shape index (κ2) is 11.3. The predicted molar refractivity (Wildman–Crippen MR) is 114 cm³/mol. The molecule has 26 heavy (non-hydrogen) atoms. The molecule has 1 amide bonds. The minimum atomic E-state index is -0.353. The third-order valence-electron chi connectivity index (χ3n) is 4.58. The fourth-order valence-electron chi connectivity index (χ4n) is 3.04. The van der Waals surface area contributed by atoms with E-state index in [1.165, 1.54) is 19.3 Å². The molecule has 1 spiro atoms. The largest absolute Gasteiger partial charge is 0.356 e. The van der Waals surface area contributed by atoms with Gasteiger partial charge in [0.05, 0.1) is 6.61 Å². The summed E-state index contributed by atoms with van der Waals surface area (Å²) < 4.78 is 12.2. The number of aliphatic imine (C=N–C) groups is 1. The Morgan fingerprint density at radius 2 is 1.92 bits per heavy atom. The average molecular weight is 482 g/mol.